The Kier molecular flexibility index (Phi) is 2.19. The summed E-state index contributed by atoms with van der Waals surface area (Å²) in [5.41, 5.74) is 6.21. The van der Waals surface area contributed by atoms with Crippen molar-refractivity contribution in [3.05, 3.63) is 23.5 Å². The molecule has 0 unspecified atom stereocenters. The van der Waals surface area contributed by atoms with Gasteiger partial charge in [0, 0.05) is 11.6 Å². The third kappa shape index (κ3) is 1.44. The Bertz CT molecular complexity index is 551. The summed E-state index contributed by atoms with van der Waals surface area (Å²) < 4.78 is 13.6. The number of aromatic hydroxyl groups is 2. The number of phenols is 2. The minimum Gasteiger partial charge on any atom is -0.504 e. The normalized spacial score (nSPS) is 10.6. The summed E-state index contributed by atoms with van der Waals surface area (Å²) in [5, 5.41) is 24.9. The number of aromatic amines is 1. The van der Waals surface area contributed by atoms with E-state index >= 15 is 0 Å². The highest BCUT2D eigenvalue weighted by Crippen LogP contribution is 2.37. The maximum atomic E-state index is 13.6. The monoisotopic (exact) mass is 223 g/mol. The Morgan fingerprint density at radius 2 is 2.00 bits per heavy atom. The number of H-pyrrole nitrogens is 1. The number of aryl methyl sites for hydroxylation is 1. The summed E-state index contributed by atoms with van der Waals surface area (Å²) in [7, 11) is 0. The molecule has 0 atom stereocenters. The van der Waals surface area contributed by atoms with E-state index in [-0.39, 0.29) is 11.4 Å². The average Bonchev–Trinajstić information content (AvgIpc) is 2.67. The van der Waals surface area contributed by atoms with Gasteiger partial charge in [0.1, 0.15) is 5.82 Å². The number of nitrogens with one attached hydrogen (secondary N) is 1. The lowest BCUT2D eigenvalue weighted by Crippen LogP contribution is -1.89. The predicted molar refractivity (Wildman–Crippen MR) is 56.5 cm³/mol. The van der Waals surface area contributed by atoms with Crippen LogP contribution >= 0.6 is 0 Å². The van der Waals surface area contributed by atoms with Gasteiger partial charge in [0.05, 0.1) is 5.69 Å². The summed E-state index contributed by atoms with van der Waals surface area (Å²) in [4.78, 5) is 0. The molecule has 0 aliphatic rings. The van der Waals surface area contributed by atoms with Crippen molar-refractivity contribution in [3.8, 4) is 22.8 Å². The van der Waals surface area contributed by atoms with Crippen molar-refractivity contribution in [1.29, 1.82) is 0 Å². The first kappa shape index (κ1) is 10.3. The maximum absolute atomic E-state index is 13.6. The fraction of sp³-hybridized carbons (Fsp3) is 0.100. The highest BCUT2D eigenvalue weighted by atomic mass is 19.1. The highest BCUT2D eigenvalue weighted by Gasteiger charge is 2.17. The molecule has 0 saturated heterocycles. The van der Waals surface area contributed by atoms with Crippen molar-refractivity contribution in [1.82, 2.24) is 10.2 Å². The zero-order chi connectivity index (χ0) is 11.9. The molecule has 0 saturated carbocycles. The van der Waals surface area contributed by atoms with Gasteiger partial charge in [-0.3, -0.25) is 5.10 Å². The third-order valence-electron chi connectivity index (χ3n) is 2.29. The molecule has 0 bridgehead atoms. The first-order valence-corrected chi connectivity index (χ1v) is 4.53. The number of nitrogens with two attached hydrogens (primary N) is 1. The van der Waals surface area contributed by atoms with Crippen LogP contribution in [-0.2, 0) is 0 Å². The number of phenolic OH excluding ortho intramolecular Hbond substituents is 2. The number of aromatic nitrogens is 2. The number of nitrogen functional groups attached to an aromatic ring is 1. The van der Waals surface area contributed by atoms with E-state index in [1.165, 1.54) is 12.1 Å². The Morgan fingerprint density at radius 3 is 2.56 bits per heavy atom. The number of halogens is 1. The summed E-state index contributed by atoms with van der Waals surface area (Å²) in [6.45, 7) is 1.55. The number of anilines is 1. The quantitative estimate of drug-likeness (QED) is 0.551. The summed E-state index contributed by atoms with van der Waals surface area (Å²) in [5.74, 6) is -1.93. The fourth-order valence-electron chi connectivity index (χ4n) is 1.44. The third-order valence-corrected chi connectivity index (χ3v) is 2.29. The molecule has 0 aliphatic heterocycles. The first-order chi connectivity index (χ1) is 7.50. The Labute approximate surface area is 90.3 Å². The molecule has 1 heterocycles. The maximum Gasteiger partial charge on any atom is 0.195 e. The van der Waals surface area contributed by atoms with Crippen LogP contribution in [0.5, 0.6) is 11.5 Å². The number of hydrogen-bond acceptors (Lipinski definition) is 4. The van der Waals surface area contributed by atoms with Gasteiger partial charge >= 0.3 is 0 Å². The molecule has 0 aliphatic carbocycles. The van der Waals surface area contributed by atoms with Gasteiger partial charge in [-0.05, 0) is 18.6 Å². The summed E-state index contributed by atoms with van der Waals surface area (Å²) in [6, 6.07) is 2.84. The van der Waals surface area contributed by atoms with Crippen LogP contribution in [0, 0.1) is 12.7 Å². The van der Waals surface area contributed by atoms with Crippen molar-refractivity contribution in [2.45, 2.75) is 6.92 Å². The molecule has 2 rings (SSSR count). The lowest BCUT2D eigenvalue weighted by Gasteiger charge is -2.07. The largest absolute Gasteiger partial charge is 0.504 e. The van der Waals surface area contributed by atoms with Crippen molar-refractivity contribution in [3.63, 3.8) is 0 Å². The van der Waals surface area contributed by atoms with E-state index < -0.39 is 17.3 Å². The lowest BCUT2D eigenvalue weighted by atomic mass is 10.1. The van der Waals surface area contributed by atoms with Gasteiger partial charge in [-0.2, -0.15) is 5.10 Å². The van der Waals surface area contributed by atoms with Crippen LogP contribution < -0.4 is 5.73 Å². The molecule has 0 amide bonds. The SMILES string of the molecule is Cc1cc(-c2cc(N)n[nH]2)c(F)c(O)c1O. The van der Waals surface area contributed by atoms with Crippen LogP contribution in [0.15, 0.2) is 12.1 Å². The number of hydrogen-bond donors (Lipinski definition) is 4. The average molecular weight is 223 g/mol. The second-order valence-corrected chi connectivity index (χ2v) is 3.46. The van der Waals surface area contributed by atoms with Crippen LogP contribution in [0.4, 0.5) is 10.2 Å². The number of nitrogens with zero attached hydrogens (tertiary/aromatic N) is 1. The fourth-order valence-corrected chi connectivity index (χ4v) is 1.44. The topological polar surface area (TPSA) is 95.2 Å². The smallest absolute Gasteiger partial charge is 0.195 e. The van der Waals surface area contributed by atoms with Gasteiger partial charge in [-0.25, -0.2) is 4.39 Å². The zero-order valence-corrected chi connectivity index (χ0v) is 8.45. The molecule has 1 aromatic carbocycles. The summed E-state index contributed by atoms with van der Waals surface area (Å²) >= 11 is 0. The molecule has 16 heavy (non-hydrogen) atoms. The minimum atomic E-state index is -0.910. The predicted octanol–water partition coefficient (Wildman–Crippen LogP) is 1.52. The van der Waals surface area contributed by atoms with Gasteiger partial charge in [0.15, 0.2) is 17.3 Å². The van der Waals surface area contributed by atoms with E-state index in [9.17, 15) is 14.6 Å². The van der Waals surface area contributed by atoms with Gasteiger partial charge in [0.25, 0.3) is 0 Å². The van der Waals surface area contributed by atoms with E-state index in [0.717, 1.165) is 0 Å². The van der Waals surface area contributed by atoms with Crippen LogP contribution in [0.25, 0.3) is 11.3 Å². The first-order valence-electron chi connectivity index (χ1n) is 4.53. The molecule has 0 fully saturated rings. The van der Waals surface area contributed by atoms with Gasteiger partial charge in [-0.1, -0.05) is 0 Å². The van der Waals surface area contributed by atoms with Gasteiger partial charge < -0.3 is 15.9 Å². The molecule has 84 valence electrons. The van der Waals surface area contributed by atoms with Gasteiger partial charge in [0.2, 0.25) is 0 Å². The van der Waals surface area contributed by atoms with Crippen LogP contribution in [-0.4, -0.2) is 20.4 Å². The molecule has 0 radical (unpaired) electrons. The molecule has 5 N–H and O–H groups in total. The standard InChI is InChI=1S/C10H10FN3O2/c1-4-2-5(6-3-7(12)14-13-6)8(11)10(16)9(4)15/h2-3,15-16H,1H3,(H3,12,13,14). The second kappa shape index (κ2) is 3.41. The van der Waals surface area contributed by atoms with E-state index in [1.807, 2.05) is 0 Å². The van der Waals surface area contributed by atoms with Crippen molar-refractivity contribution in [2.75, 3.05) is 5.73 Å². The zero-order valence-electron chi connectivity index (χ0n) is 8.45. The Balaban J connectivity index is 2.66. The molecule has 5 nitrogen and oxygen atoms in total. The number of rotatable bonds is 1. The molecular formula is C10H10FN3O2. The Hall–Kier alpha value is -2.24. The molecule has 2 aromatic rings. The van der Waals surface area contributed by atoms with Crippen LogP contribution in [0.3, 0.4) is 0 Å². The molecule has 0 spiro atoms. The second-order valence-electron chi connectivity index (χ2n) is 3.46. The minimum absolute atomic E-state index is 0.108. The van der Waals surface area contributed by atoms with E-state index in [1.54, 1.807) is 6.92 Å². The van der Waals surface area contributed by atoms with E-state index in [4.69, 9.17) is 5.73 Å². The van der Waals surface area contributed by atoms with Crippen LogP contribution in [0.2, 0.25) is 0 Å². The van der Waals surface area contributed by atoms with Crippen molar-refractivity contribution >= 4 is 5.82 Å². The van der Waals surface area contributed by atoms with Gasteiger partial charge in [-0.15, -0.1) is 0 Å². The Morgan fingerprint density at radius 1 is 1.31 bits per heavy atom. The summed E-state index contributed by atoms with van der Waals surface area (Å²) in [6.07, 6.45) is 0. The van der Waals surface area contributed by atoms with E-state index in [2.05, 4.69) is 10.2 Å². The van der Waals surface area contributed by atoms with Crippen LogP contribution in [0.1, 0.15) is 5.56 Å². The molecule has 6 heteroatoms. The molecule has 1 aromatic heterocycles. The van der Waals surface area contributed by atoms with E-state index in [0.29, 0.717) is 11.3 Å². The lowest BCUT2D eigenvalue weighted by molar-refractivity contribution is 0.377. The van der Waals surface area contributed by atoms with Crippen molar-refractivity contribution < 1.29 is 14.6 Å². The van der Waals surface area contributed by atoms with Crippen molar-refractivity contribution in [2.24, 2.45) is 0 Å². The number of benzene rings is 1. The highest BCUT2D eigenvalue weighted by molar-refractivity contribution is 5.68. The molecular weight excluding hydrogens is 213 g/mol.